The zero-order valence-electron chi connectivity index (χ0n) is 10.1. The number of anilines is 1. The molecule has 0 unspecified atom stereocenters. The van der Waals surface area contributed by atoms with Crippen LogP contribution in [0.3, 0.4) is 0 Å². The monoisotopic (exact) mass is 248 g/mol. The van der Waals surface area contributed by atoms with Gasteiger partial charge in [0.1, 0.15) is 6.54 Å². The van der Waals surface area contributed by atoms with E-state index in [-0.39, 0.29) is 31.5 Å². The number of carbonyl (C=O) groups is 2. The van der Waals surface area contributed by atoms with Crippen LogP contribution in [0.1, 0.15) is 12.0 Å². The molecule has 1 aromatic carbocycles. The third-order valence-electron chi connectivity index (χ3n) is 2.89. The van der Waals surface area contributed by atoms with E-state index in [1.165, 1.54) is 4.90 Å². The Hall–Kier alpha value is -1.88. The summed E-state index contributed by atoms with van der Waals surface area (Å²) in [6.45, 7) is 0.275. The molecule has 0 aromatic heterocycles. The van der Waals surface area contributed by atoms with Crippen LogP contribution < -0.4 is 10.2 Å². The number of nitrogens with zero attached hydrogens (tertiary/aromatic N) is 1. The molecule has 18 heavy (non-hydrogen) atoms. The fraction of sp³-hybridized carbons (Fsp3) is 0.385. The highest BCUT2D eigenvalue weighted by atomic mass is 16.3. The summed E-state index contributed by atoms with van der Waals surface area (Å²) in [7, 11) is 0. The lowest BCUT2D eigenvalue weighted by Gasteiger charge is -2.27. The Balaban J connectivity index is 2.16. The Morgan fingerprint density at radius 1 is 1.33 bits per heavy atom. The molecule has 1 aliphatic rings. The minimum absolute atomic E-state index is 0.0553. The summed E-state index contributed by atoms with van der Waals surface area (Å²) in [4.78, 5) is 24.5. The smallest absolute Gasteiger partial charge is 0.246 e. The summed E-state index contributed by atoms with van der Waals surface area (Å²) in [5, 5.41) is 11.3. The molecule has 1 saturated heterocycles. The zero-order chi connectivity index (χ0) is 13.0. The van der Waals surface area contributed by atoms with Gasteiger partial charge in [-0.05, 0) is 30.5 Å². The van der Waals surface area contributed by atoms with Gasteiger partial charge in [-0.2, -0.15) is 0 Å². The number of hydrogen-bond acceptors (Lipinski definition) is 3. The summed E-state index contributed by atoms with van der Waals surface area (Å²) in [5.74, 6) is -0.246. The van der Waals surface area contributed by atoms with Crippen LogP contribution in [0.2, 0.25) is 0 Å². The summed E-state index contributed by atoms with van der Waals surface area (Å²) >= 11 is 0. The second-order valence-corrected chi connectivity index (χ2v) is 4.25. The number of piperazine rings is 1. The highest BCUT2D eigenvalue weighted by Gasteiger charge is 2.24. The maximum Gasteiger partial charge on any atom is 0.246 e. The van der Waals surface area contributed by atoms with Crippen LogP contribution in [0.15, 0.2) is 24.3 Å². The lowest BCUT2D eigenvalue weighted by molar-refractivity contribution is -0.128. The second kappa shape index (κ2) is 5.64. The highest BCUT2D eigenvalue weighted by molar-refractivity contribution is 6.04. The zero-order valence-corrected chi connectivity index (χ0v) is 10.1. The first-order valence-electron chi connectivity index (χ1n) is 5.97. The minimum Gasteiger partial charge on any atom is -0.396 e. The Morgan fingerprint density at radius 2 is 2.17 bits per heavy atom. The van der Waals surface area contributed by atoms with Crippen molar-refractivity contribution in [2.24, 2.45) is 0 Å². The summed E-state index contributed by atoms with van der Waals surface area (Å²) in [5.41, 5.74) is 1.80. The first-order chi connectivity index (χ1) is 8.70. The van der Waals surface area contributed by atoms with Gasteiger partial charge in [-0.15, -0.1) is 0 Å². The molecule has 1 heterocycles. The van der Waals surface area contributed by atoms with E-state index in [0.29, 0.717) is 6.42 Å². The average Bonchev–Trinajstić information content (AvgIpc) is 2.39. The van der Waals surface area contributed by atoms with Crippen molar-refractivity contribution in [2.45, 2.75) is 12.8 Å². The predicted octanol–water partition coefficient (Wildman–Crippen LogP) is 0.0743. The van der Waals surface area contributed by atoms with Crippen molar-refractivity contribution in [1.29, 1.82) is 0 Å². The molecule has 1 aromatic rings. The van der Waals surface area contributed by atoms with Crippen molar-refractivity contribution in [1.82, 2.24) is 5.32 Å². The van der Waals surface area contributed by atoms with Gasteiger partial charge in [0.15, 0.2) is 0 Å². The Morgan fingerprint density at radius 3 is 2.94 bits per heavy atom. The average molecular weight is 248 g/mol. The van der Waals surface area contributed by atoms with Crippen LogP contribution in [0, 0.1) is 0 Å². The van der Waals surface area contributed by atoms with Crippen molar-refractivity contribution in [3.05, 3.63) is 29.8 Å². The molecule has 1 fully saturated rings. The quantitative estimate of drug-likeness (QED) is 0.792. The SMILES string of the molecule is O=C1CN(c2cccc(CCCO)c2)C(=O)CN1. The number of aliphatic hydroxyl groups excluding tert-OH is 1. The van der Waals surface area contributed by atoms with Gasteiger partial charge < -0.3 is 15.3 Å². The topological polar surface area (TPSA) is 69.6 Å². The lowest BCUT2D eigenvalue weighted by atomic mass is 10.1. The van der Waals surface area contributed by atoms with Crippen molar-refractivity contribution in [3.8, 4) is 0 Å². The molecule has 0 atom stereocenters. The molecule has 0 spiro atoms. The van der Waals surface area contributed by atoms with E-state index >= 15 is 0 Å². The fourth-order valence-electron chi connectivity index (χ4n) is 1.96. The number of nitrogens with one attached hydrogen (secondary N) is 1. The third-order valence-corrected chi connectivity index (χ3v) is 2.89. The molecular weight excluding hydrogens is 232 g/mol. The molecule has 0 radical (unpaired) electrons. The van der Waals surface area contributed by atoms with E-state index in [9.17, 15) is 9.59 Å². The van der Waals surface area contributed by atoms with Gasteiger partial charge in [-0.25, -0.2) is 0 Å². The van der Waals surface area contributed by atoms with E-state index in [1.807, 2.05) is 24.3 Å². The standard InChI is InChI=1S/C13H16N2O3/c16-6-2-4-10-3-1-5-11(7-10)15-9-12(17)14-8-13(15)18/h1,3,5,7,16H,2,4,6,8-9H2,(H,14,17). The molecule has 2 amide bonds. The fourth-order valence-corrected chi connectivity index (χ4v) is 1.96. The van der Waals surface area contributed by atoms with Gasteiger partial charge in [-0.3, -0.25) is 9.59 Å². The van der Waals surface area contributed by atoms with Gasteiger partial charge in [0.05, 0.1) is 6.54 Å². The molecule has 5 nitrogen and oxygen atoms in total. The van der Waals surface area contributed by atoms with E-state index in [2.05, 4.69) is 5.32 Å². The van der Waals surface area contributed by atoms with Crippen molar-refractivity contribution in [2.75, 3.05) is 24.6 Å². The number of aryl methyl sites for hydroxylation is 1. The minimum atomic E-state index is -0.143. The van der Waals surface area contributed by atoms with Gasteiger partial charge >= 0.3 is 0 Å². The highest BCUT2D eigenvalue weighted by Crippen LogP contribution is 2.18. The van der Waals surface area contributed by atoms with Crippen molar-refractivity contribution < 1.29 is 14.7 Å². The van der Waals surface area contributed by atoms with Crippen LogP contribution in [-0.4, -0.2) is 36.6 Å². The van der Waals surface area contributed by atoms with Crippen LogP contribution in [0.4, 0.5) is 5.69 Å². The third kappa shape index (κ3) is 2.87. The number of benzene rings is 1. The molecule has 2 N–H and O–H groups in total. The molecule has 5 heteroatoms. The van der Waals surface area contributed by atoms with Gasteiger partial charge in [0, 0.05) is 12.3 Å². The van der Waals surface area contributed by atoms with Gasteiger partial charge in [0.2, 0.25) is 11.8 Å². The van der Waals surface area contributed by atoms with E-state index in [1.54, 1.807) is 0 Å². The van der Waals surface area contributed by atoms with E-state index in [4.69, 9.17) is 5.11 Å². The number of hydrogen-bond donors (Lipinski definition) is 2. The predicted molar refractivity (Wildman–Crippen MR) is 67.2 cm³/mol. The first-order valence-corrected chi connectivity index (χ1v) is 5.97. The van der Waals surface area contributed by atoms with Crippen LogP contribution in [-0.2, 0) is 16.0 Å². The lowest BCUT2D eigenvalue weighted by Crippen LogP contribution is -2.51. The largest absolute Gasteiger partial charge is 0.396 e. The van der Waals surface area contributed by atoms with Crippen molar-refractivity contribution >= 4 is 17.5 Å². The maximum absolute atomic E-state index is 11.7. The molecule has 2 rings (SSSR count). The summed E-state index contributed by atoms with van der Waals surface area (Å²) in [6.07, 6.45) is 1.45. The maximum atomic E-state index is 11.7. The van der Waals surface area contributed by atoms with Crippen LogP contribution in [0.5, 0.6) is 0 Å². The number of carbonyl (C=O) groups excluding carboxylic acids is 2. The molecule has 1 aliphatic heterocycles. The second-order valence-electron chi connectivity index (χ2n) is 4.25. The van der Waals surface area contributed by atoms with E-state index < -0.39 is 0 Å². The van der Waals surface area contributed by atoms with Crippen LogP contribution >= 0.6 is 0 Å². The molecule has 96 valence electrons. The Kier molecular flexibility index (Phi) is 3.94. The van der Waals surface area contributed by atoms with Crippen LogP contribution in [0.25, 0.3) is 0 Å². The normalized spacial score (nSPS) is 15.7. The first kappa shape index (κ1) is 12.6. The summed E-state index contributed by atoms with van der Waals surface area (Å²) < 4.78 is 0. The molecule has 0 saturated carbocycles. The van der Waals surface area contributed by atoms with Crippen molar-refractivity contribution in [3.63, 3.8) is 0 Å². The van der Waals surface area contributed by atoms with Gasteiger partial charge in [0.25, 0.3) is 0 Å². The molecule has 0 bridgehead atoms. The number of aliphatic hydroxyl groups is 1. The van der Waals surface area contributed by atoms with Gasteiger partial charge in [-0.1, -0.05) is 12.1 Å². The molecule has 0 aliphatic carbocycles. The molecular formula is C13H16N2O3. The van der Waals surface area contributed by atoms with E-state index in [0.717, 1.165) is 17.7 Å². The Bertz CT molecular complexity index is 459. The summed E-state index contributed by atoms with van der Waals surface area (Å²) in [6, 6.07) is 7.53. The Labute approximate surface area is 105 Å². The number of rotatable bonds is 4. The number of amides is 2.